The maximum atomic E-state index is 7.34. The zero-order valence-electron chi connectivity index (χ0n) is 33.7. The van der Waals surface area contributed by atoms with Crippen LogP contribution in [0.1, 0.15) is 83.2 Å². The van der Waals surface area contributed by atoms with Crippen LogP contribution in [0.25, 0.3) is 43.8 Å². The number of benzene rings is 7. The Morgan fingerprint density at radius 3 is 1.15 bits per heavy atom. The fourth-order valence-electron chi connectivity index (χ4n) is 11.8. The van der Waals surface area contributed by atoms with E-state index in [9.17, 15) is 0 Å². The van der Waals surface area contributed by atoms with Gasteiger partial charge in [-0.1, -0.05) is 122 Å². The fourth-order valence-corrected chi connectivity index (χ4v) is 11.8. The topological polar surface area (TPSA) is 12.5 Å². The fraction of sp³-hybridized carbons (Fsp3) is 0.283. The predicted molar refractivity (Wildman–Crippen MR) is 233 cm³/mol. The molecule has 0 saturated heterocycles. The molecule has 2 nitrogen and oxygen atoms in total. The average molecular weight is 718 g/mol. The lowest BCUT2D eigenvalue weighted by Gasteiger charge is -2.42. The quantitative estimate of drug-likeness (QED) is 0.176. The van der Waals surface area contributed by atoms with Crippen molar-refractivity contribution < 1.29 is 4.74 Å². The zero-order chi connectivity index (χ0) is 38.1. The minimum absolute atomic E-state index is 0.160. The second kappa shape index (κ2) is 11.8. The number of nitrogens with zero attached hydrogens (tertiary/aromatic N) is 1. The van der Waals surface area contributed by atoms with Crippen molar-refractivity contribution in [3.63, 3.8) is 0 Å². The van der Waals surface area contributed by atoms with Crippen molar-refractivity contribution in [1.82, 2.24) is 0 Å². The first-order chi connectivity index (χ1) is 26.5. The number of fused-ring (bicyclic) bond motifs is 10. The van der Waals surface area contributed by atoms with Gasteiger partial charge in [0, 0.05) is 16.5 Å². The van der Waals surface area contributed by atoms with E-state index in [4.69, 9.17) is 4.74 Å². The van der Waals surface area contributed by atoms with Crippen LogP contribution in [0.2, 0.25) is 0 Å². The van der Waals surface area contributed by atoms with Crippen molar-refractivity contribution in [2.75, 3.05) is 4.90 Å². The van der Waals surface area contributed by atoms with Crippen molar-refractivity contribution in [1.29, 1.82) is 0 Å². The van der Waals surface area contributed by atoms with Gasteiger partial charge in [-0.2, -0.15) is 0 Å². The molecular formula is C53H51NO. The van der Waals surface area contributed by atoms with Gasteiger partial charge in [-0.3, -0.25) is 0 Å². The number of hydrogen-bond donors (Lipinski definition) is 0. The Kier molecular flexibility index (Phi) is 7.35. The minimum Gasteiger partial charge on any atom is -0.453 e. The molecule has 2 heteroatoms. The lowest BCUT2D eigenvalue weighted by atomic mass is 9.62. The Morgan fingerprint density at radius 2 is 0.745 bits per heavy atom. The van der Waals surface area contributed by atoms with Crippen molar-refractivity contribution in [3.8, 4) is 33.8 Å². The van der Waals surface area contributed by atoms with Gasteiger partial charge in [0.15, 0.2) is 11.5 Å². The molecule has 1 heterocycles. The molecule has 274 valence electrons. The van der Waals surface area contributed by atoms with Gasteiger partial charge in [-0.25, -0.2) is 0 Å². The summed E-state index contributed by atoms with van der Waals surface area (Å²) < 4.78 is 7.34. The summed E-state index contributed by atoms with van der Waals surface area (Å²) in [5, 5.41) is 5.17. The lowest BCUT2D eigenvalue weighted by molar-refractivity contribution is 0.279. The first-order valence-electron chi connectivity index (χ1n) is 20.5. The third-order valence-electron chi connectivity index (χ3n) is 14.0. The van der Waals surface area contributed by atoms with E-state index in [0.29, 0.717) is 23.7 Å². The first kappa shape index (κ1) is 34.2. The maximum Gasteiger partial charge on any atom is 0.151 e. The number of rotatable bonds is 5. The molecule has 2 aliphatic carbocycles. The van der Waals surface area contributed by atoms with Gasteiger partial charge in [0.05, 0.1) is 11.4 Å². The molecule has 0 radical (unpaired) electrons. The molecule has 7 aromatic rings. The Morgan fingerprint density at radius 1 is 0.400 bits per heavy atom. The molecule has 0 fully saturated rings. The van der Waals surface area contributed by atoms with Gasteiger partial charge in [0.1, 0.15) is 0 Å². The van der Waals surface area contributed by atoms with E-state index in [-0.39, 0.29) is 10.8 Å². The second-order valence-corrected chi connectivity index (χ2v) is 17.8. The van der Waals surface area contributed by atoms with E-state index in [0.717, 1.165) is 22.9 Å². The van der Waals surface area contributed by atoms with Gasteiger partial charge in [0.2, 0.25) is 0 Å². The number of aryl methyl sites for hydroxylation is 1. The van der Waals surface area contributed by atoms with Gasteiger partial charge in [0.25, 0.3) is 0 Å². The van der Waals surface area contributed by atoms with E-state index in [1.807, 2.05) is 0 Å². The Bertz CT molecular complexity index is 2550. The zero-order valence-corrected chi connectivity index (χ0v) is 33.7. The molecule has 0 bridgehead atoms. The molecule has 3 aliphatic rings. The highest BCUT2D eigenvalue weighted by atomic mass is 16.5. The monoisotopic (exact) mass is 717 g/mol. The summed E-state index contributed by atoms with van der Waals surface area (Å²) in [6, 6.07) is 46.2. The van der Waals surface area contributed by atoms with Crippen molar-refractivity contribution in [2.24, 2.45) is 23.7 Å². The summed E-state index contributed by atoms with van der Waals surface area (Å²) in [4.78, 5) is 2.50. The summed E-state index contributed by atoms with van der Waals surface area (Å²) in [5.74, 6) is 3.38. The van der Waals surface area contributed by atoms with Crippen LogP contribution in [0.3, 0.4) is 0 Å². The summed E-state index contributed by atoms with van der Waals surface area (Å²) in [7, 11) is 0. The molecule has 55 heavy (non-hydrogen) atoms. The average Bonchev–Trinajstić information content (AvgIpc) is 3.60. The van der Waals surface area contributed by atoms with E-state index in [2.05, 4.69) is 189 Å². The van der Waals surface area contributed by atoms with Crippen LogP contribution in [-0.4, -0.2) is 0 Å². The smallest absolute Gasteiger partial charge is 0.151 e. The van der Waals surface area contributed by atoms with Gasteiger partial charge in [-0.05, 0) is 157 Å². The second-order valence-electron chi connectivity index (χ2n) is 17.8. The van der Waals surface area contributed by atoms with Crippen molar-refractivity contribution in [3.05, 3.63) is 149 Å². The van der Waals surface area contributed by atoms with E-state index < -0.39 is 0 Å². The largest absolute Gasteiger partial charge is 0.453 e. The highest BCUT2D eigenvalue weighted by Gasteiger charge is 2.51. The molecule has 10 rings (SSSR count). The van der Waals surface area contributed by atoms with Gasteiger partial charge >= 0.3 is 0 Å². The minimum atomic E-state index is -0.160. The Labute approximate surface area is 326 Å². The van der Waals surface area contributed by atoms with Gasteiger partial charge in [-0.15, -0.1) is 0 Å². The van der Waals surface area contributed by atoms with Crippen LogP contribution >= 0.6 is 0 Å². The third-order valence-corrected chi connectivity index (χ3v) is 14.0. The number of anilines is 3. The Balaban J connectivity index is 1.28. The molecule has 1 aliphatic heterocycles. The van der Waals surface area contributed by atoms with Crippen molar-refractivity contribution >= 4 is 38.6 Å². The maximum absolute atomic E-state index is 7.34. The Hall–Kier alpha value is -5.34. The standard InChI is InChI=1S/C53H51NO/c1-30(2)52(31(3)4)43-24-37-19-13-11-17-35(37)22-39(43)41-26-48-50(28-45(41)52)55-51-29-46-42(27-49(51)54(48)47-21-15-10-16-34(47)9)40-23-36-18-12-14-20-38(36)25-44(40)53(46,32(5)6)33(7)8/h10-33H,1-9H3. The van der Waals surface area contributed by atoms with Crippen LogP contribution in [0.4, 0.5) is 17.1 Å². The summed E-state index contributed by atoms with van der Waals surface area (Å²) in [5.41, 5.74) is 15.3. The molecule has 0 N–H and O–H groups in total. The van der Waals surface area contributed by atoms with E-state index in [1.165, 1.54) is 77.3 Å². The van der Waals surface area contributed by atoms with Gasteiger partial charge < -0.3 is 9.64 Å². The molecule has 0 saturated carbocycles. The third kappa shape index (κ3) is 4.37. The number of para-hydroxylation sites is 1. The first-order valence-corrected chi connectivity index (χ1v) is 20.5. The van der Waals surface area contributed by atoms with Crippen LogP contribution in [-0.2, 0) is 10.8 Å². The summed E-state index contributed by atoms with van der Waals surface area (Å²) in [6.45, 7) is 21.5. The number of ether oxygens (including phenoxy) is 1. The van der Waals surface area contributed by atoms with Crippen LogP contribution in [0, 0.1) is 30.6 Å². The molecule has 0 unspecified atom stereocenters. The highest BCUT2D eigenvalue weighted by Crippen LogP contribution is 2.64. The molecule has 0 atom stereocenters. The van der Waals surface area contributed by atoms with E-state index in [1.54, 1.807) is 0 Å². The molecular weight excluding hydrogens is 667 g/mol. The normalized spacial score (nSPS) is 15.7. The van der Waals surface area contributed by atoms with Crippen molar-refractivity contribution in [2.45, 2.75) is 73.1 Å². The number of hydrogen-bond acceptors (Lipinski definition) is 2. The lowest BCUT2D eigenvalue weighted by Crippen LogP contribution is -2.37. The molecule has 0 amide bonds. The predicted octanol–water partition coefficient (Wildman–Crippen LogP) is 15.0. The molecule has 0 aromatic heterocycles. The SMILES string of the molecule is Cc1ccccc1N1c2cc3c(cc2Oc2cc4c(cc21)-c1cc2ccccc2cc1C4(C(C)C)C(C)C)C(C(C)C)(C(C)C)c1cc2ccccc2cc1-3. The summed E-state index contributed by atoms with van der Waals surface area (Å²) in [6.07, 6.45) is 0. The summed E-state index contributed by atoms with van der Waals surface area (Å²) >= 11 is 0. The molecule has 0 spiro atoms. The highest BCUT2D eigenvalue weighted by molar-refractivity contribution is 6.00. The molecule has 7 aromatic carbocycles. The van der Waals surface area contributed by atoms with Crippen LogP contribution in [0.5, 0.6) is 11.5 Å². The van der Waals surface area contributed by atoms with Crippen LogP contribution in [0.15, 0.2) is 121 Å². The van der Waals surface area contributed by atoms with E-state index >= 15 is 0 Å². The van der Waals surface area contributed by atoms with Crippen LogP contribution < -0.4 is 9.64 Å².